The number of H-pyrrole nitrogens is 1. The number of carbonyl (C=O) groups excluding carboxylic acids is 2. The van der Waals surface area contributed by atoms with Crippen molar-refractivity contribution >= 4 is 11.9 Å². The smallest absolute Gasteiger partial charge is 0.343 e. The second-order valence-corrected chi connectivity index (χ2v) is 5.10. The molecule has 0 spiro atoms. The molecule has 0 fully saturated rings. The lowest BCUT2D eigenvalue weighted by molar-refractivity contribution is -0.118. The van der Waals surface area contributed by atoms with Crippen LogP contribution in [-0.4, -0.2) is 34.2 Å². The molecule has 0 radical (unpaired) electrons. The number of aromatic hydroxyl groups is 2. The van der Waals surface area contributed by atoms with Gasteiger partial charge in [-0.15, -0.1) is 0 Å². The molecule has 1 heterocycles. The van der Waals surface area contributed by atoms with E-state index in [1.165, 1.54) is 18.2 Å². The van der Waals surface area contributed by atoms with E-state index in [9.17, 15) is 24.6 Å². The number of phenols is 1. The number of primary amides is 1. The van der Waals surface area contributed by atoms with Gasteiger partial charge < -0.3 is 25.7 Å². The van der Waals surface area contributed by atoms with Gasteiger partial charge in [0.25, 0.3) is 5.56 Å². The van der Waals surface area contributed by atoms with Gasteiger partial charge in [0.1, 0.15) is 17.1 Å². The average Bonchev–Trinajstić information content (AvgIpc) is 2.53. The number of esters is 1. The summed E-state index contributed by atoms with van der Waals surface area (Å²) in [5, 5.41) is 20.0. The largest absolute Gasteiger partial charge is 0.508 e. The molecule has 1 unspecified atom stereocenters. The van der Waals surface area contributed by atoms with E-state index in [4.69, 9.17) is 5.73 Å². The molecular formula is C16H16N2O6. The number of hydrogen-bond acceptors (Lipinski definition) is 6. The zero-order valence-electron chi connectivity index (χ0n) is 12.8. The van der Waals surface area contributed by atoms with Crippen LogP contribution in [0.5, 0.6) is 11.5 Å². The van der Waals surface area contributed by atoms with Crippen molar-refractivity contribution in [3.63, 3.8) is 0 Å². The summed E-state index contributed by atoms with van der Waals surface area (Å²) in [6, 6.07) is 5.85. The molecule has 8 heteroatoms. The first-order valence-corrected chi connectivity index (χ1v) is 6.95. The van der Waals surface area contributed by atoms with E-state index in [-0.39, 0.29) is 23.3 Å². The van der Waals surface area contributed by atoms with Crippen molar-refractivity contribution in [3.8, 4) is 11.5 Å². The molecular weight excluding hydrogens is 316 g/mol. The van der Waals surface area contributed by atoms with Gasteiger partial charge in [-0.3, -0.25) is 9.59 Å². The van der Waals surface area contributed by atoms with E-state index in [0.29, 0.717) is 5.56 Å². The normalized spacial score (nSPS) is 11.7. The number of nitrogens with one attached hydrogen (secondary N) is 1. The van der Waals surface area contributed by atoms with Gasteiger partial charge in [0.05, 0.1) is 12.7 Å². The first-order chi connectivity index (χ1) is 11.3. The minimum atomic E-state index is -0.942. The van der Waals surface area contributed by atoms with E-state index < -0.39 is 29.1 Å². The van der Waals surface area contributed by atoms with Crippen molar-refractivity contribution < 1.29 is 24.5 Å². The summed E-state index contributed by atoms with van der Waals surface area (Å²) in [7, 11) is 1.13. The molecule has 5 N–H and O–H groups in total. The number of pyridine rings is 1. The van der Waals surface area contributed by atoms with Crippen LogP contribution < -0.4 is 11.3 Å². The maximum Gasteiger partial charge on any atom is 0.343 e. The molecule has 0 aliphatic carbocycles. The lowest BCUT2D eigenvalue weighted by Gasteiger charge is -2.18. The Morgan fingerprint density at radius 1 is 1.33 bits per heavy atom. The van der Waals surface area contributed by atoms with Gasteiger partial charge >= 0.3 is 5.97 Å². The molecule has 24 heavy (non-hydrogen) atoms. The number of benzene rings is 1. The van der Waals surface area contributed by atoms with E-state index in [2.05, 4.69) is 9.72 Å². The number of carbonyl (C=O) groups is 2. The summed E-state index contributed by atoms with van der Waals surface area (Å²) < 4.78 is 4.55. The summed E-state index contributed by atoms with van der Waals surface area (Å²) in [5.74, 6) is -3.19. The maximum atomic E-state index is 12.2. The number of amides is 1. The maximum absolute atomic E-state index is 12.2. The quantitative estimate of drug-likeness (QED) is 0.590. The molecule has 0 saturated heterocycles. The Morgan fingerprint density at radius 3 is 2.62 bits per heavy atom. The number of hydrogen-bond donors (Lipinski definition) is 4. The zero-order chi connectivity index (χ0) is 17.9. The molecule has 2 rings (SSSR count). The summed E-state index contributed by atoms with van der Waals surface area (Å²) in [4.78, 5) is 37.6. The Morgan fingerprint density at radius 2 is 2.04 bits per heavy atom. The van der Waals surface area contributed by atoms with Crippen LogP contribution in [0.3, 0.4) is 0 Å². The highest BCUT2D eigenvalue weighted by molar-refractivity contribution is 5.92. The molecule has 2 aromatic rings. The van der Waals surface area contributed by atoms with Gasteiger partial charge in [0, 0.05) is 18.5 Å². The van der Waals surface area contributed by atoms with Crippen LogP contribution >= 0.6 is 0 Å². The molecule has 0 bridgehead atoms. The number of aromatic amines is 1. The predicted octanol–water partition coefficient (Wildman–Crippen LogP) is 0.580. The highest BCUT2D eigenvalue weighted by Gasteiger charge is 2.27. The lowest BCUT2D eigenvalue weighted by atomic mass is 9.87. The molecule has 0 aliphatic rings. The highest BCUT2D eigenvalue weighted by Crippen LogP contribution is 2.34. The van der Waals surface area contributed by atoms with E-state index >= 15 is 0 Å². The van der Waals surface area contributed by atoms with Gasteiger partial charge in [-0.05, 0) is 17.7 Å². The summed E-state index contributed by atoms with van der Waals surface area (Å²) in [6.07, 6.45) is 0.724. The number of phenolic OH excluding ortho intramolecular Hbond substituents is 1. The Bertz CT molecular complexity index is 843. The van der Waals surface area contributed by atoms with Crippen molar-refractivity contribution in [2.75, 3.05) is 7.11 Å². The Kier molecular flexibility index (Phi) is 4.88. The van der Waals surface area contributed by atoms with Crippen molar-refractivity contribution in [2.24, 2.45) is 5.73 Å². The van der Waals surface area contributed by atoms with Crippen molar-refractivity contribution in [1.29, 1.82) is 0 Å². The highest BCUT2D eigenvalue weighted by atomic mass is 16.5. The number of rotatable bonds is 5. The molecule has 1 aromatic heterocycles. The molecule has 126 valence electrons. The Hall–Kier alpha value is -3.29. The van der Waals surface area contributed by atoms with Crippen LogP contribution in [0.2, 0.25) is 0 Å². The Labute approximate surface area is 136 Å². The number of aromatic nitrogens is 1. The van der Waals surface area contributed by atoms with Crippen molar-refractivity contribution in [1.82, 2.24) is 4.98 Å². The van der Waals surface area contributed by atoms with Crippen LogP contribution in [0.4, 0.5) is 0 Å². The minimum Gasteiger partial charge on any atom is -0.508 e. The predicted molar refractivity (Wildman–Crippen MR) is 83.8 cm³/mol. The monoisotopic (exact) mass is 332 g/mol. The summed E-state index contributed by atoms with van der Waals surface area (Å²) in [6.45, 7) is 0. The molecule has 1 amide bonds. The molecule has 0 aliphatic heterocycles. The van der Waals surface area contributed by atoms with Crippen LogP contribution in [0.25, 0.3) is 0 Å². The van der Waals surface area contributed by atoms with Gasteiger partial charge in [-0.2, -0.15) is 0 Å². The van der Waals surface area contributed by atoms with Crippen LogP contribution in [0.15, 0.2) is 35.3 Å². The zero-order valence-corrected chi connectivity index (χ0v) is 12.8. The second-order valence-electron chi connectivity index (χ2n) is 5.10. The number of ether oxygens (including phenoxy) is 1. The fraction of sp³-hybridized carbons (Fsp3) is 0.188. The Balaban J connectivity index is 2.68. The van der Waals surface area contributed by atoms with Crippen LogP contribution in [0.1, 0.15) is 33.8 Å². The van der Waals surface area contributed by atoms with E-state index in [1.54, 1.807) is 6.07 Å². The number of methoxy groups -OCH3 is 1. The molecule has 0 saturated carbocycles. The second kappa shape index (κ2) is 6.86. The van der Waals surface area contributed by atoms with Crippen LogP contribution in [-0.2, 0) is 9.53 Å². The average molecular weight is 332 g/mol. The third-order valence-corrected chi connectivity index (χ3v) is 3.53. The fourth-order valence-corrected chi connectivity index (χ4v) is 2.45. The van der Waals surface area contributed by atoms with Crippen molar-refractivity contribution in [2.45, 2.75) is 12.3 Å². The number of nitrogens with two attached hydrogens (primary N) is 1. The standard InChI is InChI=1S/C16H16N2O6/c1-24-16(23)11-7-18-15(22)13(14(11)21)10(6-12(17)20)8-3-2-4-9(19)5-8/h2-5,7,10,19H,6H2,1H3,(H2,17,20)(H2,18,21,22). The summed E-state index contributed by atoms with van der Waals surface area (Å²) >= 11 is 0. The lowest BCUT2D eigenvalue weighted by Crippen LogP contribution is -2.23. The minimum absolute atomic E-state index is 0.0815. The van der Waals surface area contributed by atoms with Crippen molar-refractivity contribution in [3.05, 3.63) is 57.5 Å². The van der Waals surface area contributed by atoms with E-state index in [0.717, 1.165) is 13.3 Å². The van der Waals surface area contributed by atoms with Gasteiger partial charge in [-0.1, -0.05) is 12.1 Å². The summed E-state index contributed by atoms with van der Waals surface area (Å²) in [5.41, 5.74) is 4.49. The molecule has 1 aromatic carbocycles. The van der Waals surface area contributed by atoms with Gasteiger partial charge in [0.15, 0.2) is 0 Å². The first kappa shape index (κ1) is 17.1. The van der Waals surface area contributed by atoms with Crippen LogP contribution in [0, 0.1) is 0 Å². The topological polar surface area (TPSA) is 143 Å². The third-order valence-electron chi connectivity index (χ3n) is 3.53. The third kappa shape index (κ3) is 3.37. The van der Waals surface area contributed by atoms with E-state index in [1.807, 2.05) is 0 Å². The van der Waals surface area contributed by atoms with Gasteiger partial charge in [-0.25, -0.2) is 4.79 Å². The SMILES string of the molecule is COC(=O)c1c[nH]c(=O)c(C(CC(N)=O)c2cccc(O)c2)c1O. The molecule has 8 nitrogen and oxygen atoms in total. The molecule has 1 atom stereocenters. The first-order valence-electron chi connectivity index (χ1n) is 6.95. The van der Waals surface area contributed by atoms with Gasteiger partial charge in [0.2, 0.25) is 5.91 Å². The fourth-order valence-electron chi connectivity index (χ4n) is 2.45.